The van der Waals surface area contributed by atoms with Crippen molar-refractivity contribution in [3.63, 3.8) is 0 Å². The third-order valence-electron chi connectivity index (χ3n) is 4.54. The van der Waals surface area contributed by atoms with Crippen molar-refractivity contribution >= 4 is 16.9 Å². The summed E-state index contributed by atoms with van der Waals surface area (Å²) in [7, 11) is 3.74. The minimum atomic E-state index is -0.145. The summed E-state index contributed by atoms with van der Waals surface area (Å²) in [6.45, 7) is 3.73. The van der Waals surface area contributed by atoms with Crippen molar-refractivity contribution < 1.29 is 9.90 Å². The van der Waals surface area contributed by atoms with Gasteiger partial charge in [0, 0.05) is 32.2 Å². The Balaban J connectivity index is 1.94. The van der Waals surface area contributed by atoms with E-state index in [1.54, 1.807) is 4.68 Å². The Hall–Kier alpha value is -2.77. The zero-order valence-corrected chi connectivity index (χ0v) is 15.9. The zero-order valence-electron chi connectivity index (χ0n) is 15.9. The second kappa shape index (κ2) is 8.28. The third kappa shape index (κ3) is 4.15. The Morgan fingerprint density at radius 3 is 2.70 bits per heavy atom. The van der Waals surface area contributed by atoms with Gasteiger partial charge in [0.2, 0.25) is 0 Å². The molecule has 1 amide bonds. The maximum Gasteiger partial charge on any atom is 0.252 e. The number of amides is 1. The fourth-order valence-electron chi connectivity index (χ4n) is 3.12. The molecule has 0 saturated heterocycles. The summed E-state index contributed by atoms with van der Waals surface area (Å²) < 4.78 is 1.71. The number of carbonyl (C=O) groups excluding carboxylic acids is 1. The zero-order chi connectivity index (χ0) is 19.4. The molecule has 2 N–H and O–H groups in total. The van der Waals surface area contributed by atoms with Gasteiger partial charge in [-0.3, -0.25) is 9.48 Å². The van der Waals surface area contributed by atoms with Crippen molar-refractivity contribution in [1.82, 2.24) is 25.0 Å². The summed E-state index contributed by atoms with van der Waals surface area (Å²) in [5.74, 6) is -0.145. The van der Waals surface area contributed by atoms with Crippen LogP contribution in [0.15, 0.2) is 36.4 Å². The van der Waals surface area contributed by atoms with E-state index in [4.69, 9.17) is 10.1 Å². The van der Waals surface area contributed by atoms with Gasteiger partial charge in [-0.1, -0.05) is 30.3 Å². The van der Waals surface area contributed by atoms with Crippen molar-refractivity contribution in [3.8, 4) is 11.3 Å². The van der Waals surface area contributed by atoms with E-state index in [0.29, 0.717) is 30.8 Å². The highest BCUT2D eigenvalue weighted by Gasteiger charge is 2.19. The normalized spacial score (nSPS) is 11.3. The van der Waals surface area contributed by atoms with Crippen LogP contribution in [0.25, 0.3) is 22.3 Å². The number of aliphatic hydroxyl groups is 1. The SMILES string of the molecule is Cc1nn(C)c2nc(-c3ccccc3)cc(C(=O)NCCN(C)CCO)c12. The number of fused-ring (bicyclic) bond motifs is 1. The molecule has 0 saturated carbocycles. The molecule has 3 aromatic rings. The van der Waals surface area contributed by atoms with Crippen LogP contribution < -0.4 is 5.32 Å². The Kier molecular flexibility index (Phi) is 5.83. The highest BCUT2D eigenvalue weighted by Crippen LogP contribution is 2.26. The standard InChI is InChI=1S/C20H25N5O2/c1-14-18-16(20(27)21-9-10-24(2)11-12-26)13-17(15-7-5-4-6-8-15)22-19(18)25(3)23-14/h4-8,13,26H,9-12H2,1-3H3,(H,21,27). The summed E-state index contributed by atoms with van der Waals surface area (Å²) in [6, 6.07) is 11.6. The molecule has 0 aliphatic heterocycles. The van der Waals surface area contributed by atoms with Crippen LogP contribution in [0.1, 0.15) is 16.1 Å². The molecule has 2 heterocycles. The van der Waals surface area contributed by atoms with Crippen LogP contribution in [-0.2, 0) is 7.05 Å². The Labute approximate surface area is 158 Å². The number of rotatable bonds is 7. The Bertz CT molecular complexity index is 936. The molecule has 7 nitrogen and oxygen atoms in total. The van der Waals surface area contributed by atoms with Crippen LogP contribution in [0, 0.1) is 6.92 Å². The van der Waals surface area contributed by atoms with E-state index < -0.39 is 0 Å². The fraction of sp³-hybridized carbons (Fsp3) is 0.350. The van der Waals surface area contributed by atoms with E-state index in [2.05, 4.69) is 10.4 Å². The molecule has 0 unspecified atom stereocenters. The molecular formula is C20H25N5O2. The quantitative estimate of drug-likeness (QED) is 0.663. The number of aromatic nitrogens is 3. The number of carbonyl (C=O) groups is 1. The van der Waals surface area contributed by atoms with Gasteiger partial charge in [0.05, 0.1) is 28.9 Å². The molecule has 3 rings (SSSR count). The van der Waals surface area contributed by atoms with Crippen LogP contribution >= 0.6 is 0 Å². The fourth-order valence-corrected chi connectivity index (χ4v) is 3.12. The van der Waals surface area contributed by atoms with Crippen molar-refractivity contribution in [1.29, 1.82) is 0 Å². The van der Waals surface area contributed by atoms with E-state index in [-0.39, 0.29) is 12.5 Å². The number of aryl methyl sites for hydroxylation is 2. The van der Waals surface area contributed by atoms with E-state index in [1.807, 2.05) is 62.3 Å². The van der Waals surface area contributed by atoms with Gasteiger partial charge in [0.15, 0.2) is 5.65 Å². The largest absolute Gasteiger partial charge is 0.395 e. The molecular weight excluding hydrogens is 342 g/mol. The highest BCUT2D eigenvalue weighted by atomic mass is 16.3. The number of nitrogens with one attached hydrogen (secondary N) is 1. The minimum absolute atomic E-state index is 0.102. The number of aliphatic hydroxyl groups excluding tert-OH is 1. The first-order chi connectivity index (χ1) is 13.0. The Morgan fingerprint density at radius 1 is 1.26 bits per heavy atom. The van der Waals surface area contributed by atoms with Gasteiger partial charge in [-0.15, -0.1) is 0 Å². The molecule has 0 radical (unpaired) electrons. The van der Waals surface area contributed by atoms with Crippen molar-refractivity contribution in [2.45, 2.75) is 6.92 Å². The average molecular weight is 367 g/mol. The maximum absolute atomic E-state index is 12.9. The molecule has 0 fully saturated rings. The van der Waals surface area contributed by atoms with Crippen LogP contribution in [0.3, 0.4) is 0 Å². The van der Waals surface area contributed by atoms with E-state index in [9.17, 15) is 4.79 Å². The Morgan fingerprint density at radius 2 is 2.00 bits per heavy atom. The van der Waals surface area contributed by atoms with Crippen LogP contribution in [0.4, 0.5) is 0 Å². The molecule has 2 aromatic heterocycles. The van der Waals surface area contributed by atoms with Gasteiger partial charge in [-0.25, -0.2) is 4.98 Å². The molecule has 142 valence electrons. The molecule has 0 atom stereocenters. The lowest BCUT2D eigenvalue weighted by Crippen LogP contribution is -2.34. The smallest absolute Gasteiger partial charge is 0.252 e. The first-order valence-corrected chi connectivity index (χ1v) is 8.98. The third-order valence-corrected chi connectivity index (χ3v) is 4.54. The van der Waals surface area contributed by atoms with Crippen molar-refractivity contribution in [2.75, 3.05) is 33.3 Å². The van der Waals surface area contributed by atoms with Crippen LogP contribution in [0.2, 0.25) is 0 Å². The number of hydrogen-bond donors (Lipinski definition) is 2. The lowest BCUT2D eigenvalue weighted by molar-refractivity contribution is 0.0950. The van der Waals surface area contributed by atoms with Gasteiger partial charge < -0.3 is 15.3 Å². The molecule has 0 aliphatic carbocycles. The monoisotopic (exact) mass is 367 g/mol. The number of nitrogens with zero attached hydrogens (tertiary/aromatic N) is 4. The molecule has 0 aliphatic rings. The summed E-state index contributed by atoms with van der Waals surface area (Å²) in [5, 5.41) is 17.2. The van der Waals surface area contributed by atoms with Crippen molar-refractivity contribution in [2.24, 2.45) is 7.05 Å². The average Bonchev–Trinajstić information content (AvgIpc) is 2.96. The summed E-state index contributed by atoms with van der Waals surface area (Å²) in [6.07, 6.45) is 0. The van der Waals surface area contributed by atoms with Gasteiger partial charge in [-0.2, -0.15) is 5.10 Å². The first-order valence-electron chi connectivity index (χ1n) is 8.98. The molecule has 1 aromatic carbocycles. The number of likely N-dealkylation sites (N-methyl/N-ethyl adjacent to an activating group) is 1. The number of benzene rings is 1. The van der Waals surface area contributed by atoms with Gasteiger partial charge in [0.25, 0.3) is 5.91 Å². The van der Waals surface area contributed by atoms with Crippen molar-refractivity contribution in [3.05, 3.63) is 47.7 Å². The van der Waals surface area contributed by atoms with Crippen LogP contribution in [0.5, 0.6) is 0 Å². The van der Waals surface area contributed by atoms with E-state index in [1.165, 1.54) is 0 Å². The number of pyridine rings is 1. The summed E-state index contributed by atoms with van der Waals surface area (Å²) in [4.78, 5) is 19.6. The minimum Gasteiger partial charge on any atom is -0.395 e. The lowest BCUT2D eigenvalue weighted by Gasteiger charge is -2.15. The maximum atomic E-state index is 12.9. The van der Waals surface area contributed by atoms with Crippen LogP contribution in [-0.4, -0.2) is 64.0 Å². The molecule has 0 bridgehead atoms. The predicted molar refractivity (Wildman–Crippen MR) is 106 cm³/mol. The highest BCUT2D eigenvalue weighted by molar-refractivity contribution is 6.07. The van der Waals surface area contributed by atoms with E-state index in [0.717, 1.165) is 22.3 Å². The molecule has 27 heavy (non-hydrogen) atoms. The predicted octanol–water partition coefficient (Wildman–Crippen LogP) is 1.60. The van der Waals surface area contributed by atoms with E-state index >= 15 is 0 Å². The first kappa shape index (κ1) is 19.0. The second-order valence-corrected chi connectivity index (χ2v) is 6.61. The van der Waals surface area contributed by atoms with Gasteiger partial charge in [0.1, 0.15) is 0 Å². The topological polar surface area (TPSA) is 83.3 Å². The molecule has 0 spiro atoms. The second-order valence-electron chi connectivity index (χ2n) is 6.61. The summed E-state index contributed by atoms with van der Waals surface area (Å²) in [5.41, 5.74) is 3.75. The van der Waals surface area contributed by atoms with Gasteiger partial charge in [-0.05, 0) is 20.0 Å². The molecule has 7 heteroatoms. The number of hydrogen-bond acceptors (Lipinski definition) is 5. The van der Waals surface area contributed by atoms with Gasteiger partial charge >= 0.3 is 0 Å². The summed E-state index contributed by atoms with van der Waals surface area (Å²) >= 11 is 0. The lowest BCUT2D eigenvalue weighted by atomic mass is 10.0.